The zero-order valence-electron chi connectivity index (χ0n) is 11.8. The summed E-state index contributed by atoms with van der Waals surface area (Å²) in [4.78, 5) is 16.6. The van der Waals surface area contributed by atoms with Gasteiger partial charge in [0.1, 0.15) is 0 Å². The Kier molecular flexibility index (Phi) is 3.25. The van der Waals surface area contributed by atoms with E-state index in [4.69, 9.17) is 0 Å². The second-order valence-corrected chi connectivity index (χ2v) is 7.58. The van der Waals surface area contributed by atoms with Gasteiger partial charge < -0.3 is 4.90 Å². The average molecular weight is 287 g/mol. The van der Waals surface area contributed by atoms with E-state index < -0.39 is 0 Å². The molecule has 3 aliphatic rings. The number of fused-ring (bicyclic) bond motifs is 1. The van der Waals surface area contributed by atoms with E-state index in [1.165, 1.54) is 49.0 Å². The standard InChI is InChI=1S/C17H21NOS/c19-17(16-11-12-5-1-4-8-15(12)20-16)18(14-9-10-14)13-6-2-3-7-13/h1,4-5,8,13-14,16H,2-3,6-7,9-11H2. The number of carbonyl (C=O) groups is 1. The molecule has 0 bridgehead atoms. The SMILES string of the molecule is O=C(C1Cc2ccccc2S1)N(C1CCCC1)C1CC1. The van der Waals surface area contributed by atoms with Crippen LogP contribution in [0.5, 0.6) is 0 Å². The molecule has 1 atom stereocenters. The number of hydrogen-bond acceptors (Lipinski definition) is 2. The Hall–Kier alpha value is -0.960. The van der Waals surface area contributed by atoms with E-state index in [1.807, 2.05) is 0 Å². The first-order valence-corrected chi connectivity index (χ1v) is 8.77. The van der Waals surface area contributed by atoms with Gasteiger partial charge in [-0.15, -0.1) is 11.8 Å². The topological polar surface area (TPSA) is 20.3 Å². The highest BCUT2D eigenvalue weighted by molar-refractivity contribution is 8.01. The highest BCUT2D eigenvalue weighted by Gasteiger charge is 2.42. The minimum atomic E-state index is 0.133. The van der Waals surface area contributed by atoms with Gasteiger partial charge in [-0.25, -0.2) is 0 Å². The molecule has 0 radical (unpaired) electrons. The lowest BCUT2D eigenvalue weighted by molar-refractivity contribution is -0.133. The average Bonchev–Trinajstić information content (AvgIpc) is 3.00. The molecule has 1 aliphatic heterocycles. The fourth-order valence-corrected chi connectivity index (χ4v) is 4.93. The summed E-state index contributed by atoms with van der Waals surface area (Å²) in [5.41, 5.74) is 1.36. The van der Waals surface area contributed by atoms with E-state index in [2.05, 4.69) is 29.2 Å². The number of hydrogen-bond donors (Lipinski definition) is 0. The molecular weight excluding hydrogens is 266 g/mol. The highest BCUT2D eigenvalue weighted by Crippen LogP contribution is 2.41. The monoisotopic (exact) mass is 287 g/mol. The molecule has 1 heterocycles. The predicted molar refractivity (Wildman–Crippen MR) is 81.9 cm³/mol. The minimum absolute atomic E-state index is 0.133. The Morgan fingerprint density at radius 3 is 2.45 bits per heavy atom. The van der Waals surface area contributed by atoms with Crippen LogP contribution in [0.15, 0.2) is 29.2 Å². The van der Waals surface area contributed by atoms with E-state index >= 15 is 0 Å². The van der Waals surface area contributed by atoms with Crippen LogP contribution in [0.3, 0.4) is 0 Å². The molecular formula is C17H21NOS. The Labute approximate surface area is 124 Å². The van der Waals surface area contributed by atoms with Gasteiger partial charge in [-0.3, -0.25) is 4.79 Å². The van der Waals surface area contributed by atoms with Crippen molar-refractivity contribution < 1.29 is 4.79 Å². The van der Waals surface area contributed by atoms with E-state index in [0.717, 1.165) is 6.42 Å². The normalized spacial score (nSPS) is 25.7. The van der Waals surface area contributed by atoms with Gasteiger partial charge in [0.25, 0.3) is 0 Å². The van der Waals surface area contributed by atoms with Crippen LogP contribution in [0.25, 0.3) is 0 Å². The van der Waals surface area contributed by atoms with Gasteiger partial charge in [0.05, 0.1) is 5.25 Å². The molecule has 0 spiro atoms. The molecule has 20 heavy (non-hydrogen) atoms. The lowest BCUT2D eigenvalue weighted by Gasteiger charge is -2.31. The number of carbonyl (C=O) groups excluding carboxylic acids is 1. The Bertz CT molecular complexity index is 494. The van der Waals surface area contributed by atoms with E-state index in [0.29, 0.717) is 18.0 Å². The van der Waals surface area contributed by atoms with Gasteiger partial charge in [-0.2, -0.15) is 0 Å². The number of benzene rings is 1. The Morgan fingerprint density at radius 2 is 1.75 bits per heavy atom. The summed E-state index contributed by atoms with van der Waals surface area (Å²) in [5.74, 6) is 0.417. The van der Waals surface area contributed by atoms with E-state index in [9.17, 15) is 4.79 Å². The molecule has 2 nitrogen and oxygen atoms in total. The maximum absolute atomic E-state index is 13.0. The van der Waals surface area contributed by atoms with E-state index in [-0.39, 0.29) is 5.25 Å². The molecule has 1 aromatic carbocycles. The van der Waals surface area contributed by atoms with Gasteiger partial charge in [-0.1, -0.05) is 31.0 Å². The summed E-state index contributed by atoms with van der Waals surface area (Å²) in [5, 5.41) is 0.133. The zero-order valence-corrected chi connectivity index (χ0v) is 12.6. The summed E-state index contributed by atoms with van der Waals surface area (Å²) in [7, 11) is 0. The molecule has 0 aromatic heterocycles. The molecule has 1 amide bonds. The first kappa shape index (κ1) is 12.8. The van der Waals surface area contributed by atoms with Crippen LogP contribution in [0.1, 0.15) is 44.1 Å². The predicted octanol–water partition coefficient (Wildman–Crippen LogP) is 3.64. The maximum atomic E-state index is 13.0. The van der Waals surface area contributed by atoms with Crippen molar-refractivity contribution in [3.63, 3.8) is 0 Å². The van der Waals surface area contributed by atoms with Crippen molar-refractivity contribution in [1.29, 1.82) is 0 Å². The van der Waals surface area contributed by atoms with Crippen molar-refractivity contribution in [3.8, 4) is 0 Å². The second-order valence-electron chi connectivity index (χ2n) is 6.33. The van der Waals surface area contributed by atoms with Crippen LogP contribution in [0, 0.1) is 0 Å². The molecule has 1 aromatic rings. The van der Waals surface area contributed by atoms with Crippen LogP contribution < -0.4 is 0 Å². The molecule has 2 saturated carbocycles. The summed E-state index contributed by atoms with van der Waals surface area (Å²) in [6.45, 7) is 0. The third-order valence-corrected chi connectivity index (χ3v) is 6.14. The molecule has 4 rings (SSSR count). The van der Waals surface area contributed by atoms with Gasteiger partial charge >= 0.3 is 0 Å². The first-order chi connectivity index (χ1) is 9.83. The Morgan fingerprint density at radius 1 is 1.05 bits per heavy atom. The fourth-order valence-electron chi connectivity index (χ4n) is 3.68. The lowest BCUT2D eigenvalue weighted by atomic mass is 10.1. The number of amides is 1. The van der Waals surface area contributed by atoms with Crippen LogP contribution >= 0.6 is 11.8 Å². The van der Waals surface area contributed by atoms with Crippen molar-refractivity contribution in [1.82, 2.24) is 4.90 Å². The largest absolute Gasteiger partial charge is 0.336 e. The lowest BCUT2D eigenvalue weighted by Crippen LogP contribution is -2.45. The van der Waals surface area contributed by atoms with Crippen molar-refractivity contribution in [3.05, 3.63) is 29.8 Å². The molecule has 0 N–H and O–H groups in total. The van der Waals surface area contributed by atoms with Gasteiger partial charge in [-0.05, 0) is 43.7 Å². The van der Waals surface area contributed by atoms with Gasteiger partial charge in [0, 0.05) is 17.0 Å². The molecule has 0 saturated heterocycles. The quantitative estimate of drug-likeness (QED) is 0.846. The first-order valence-electron chi connectivity index (χ1n) is 7.89. The number of nitrogens with zero attached hydrogens (tertiary/aromatic N) is 1. The van der Waals surface area contributed by atoms with Crippen LogP contribution in [0.2, 0.25) is 0 Å². The molecule has 3 heteroatoms. The smallest absolute Gasteiger partial charge is 0.236 e. The summed E-state index contributed by atoms with van der Waals surface area (Å²) in [6, 6.07) is 9.60. The Balaban J connectivity index is 1.52. The van der Waals surface area contributed by atoms with Gasteiger partial charge in [0.15, 0.2) is 0 Å². The third-order valence-electron chi connectivity index (χ3n) is 4.84. The zero-order chi connectivity index (χ0) is 13.5. The van der Waals surface area contributed by atoms with Crippen LogP contribution in [0.4, 0.5) is 0 Å². The van der Waals surface area contributed by atoms with Crippen LogP contribution in [-0.4, -0.2) is 28.1 Å². The van der Waals surface area contributed by atoms with Crippen LogP contribution in [-0.2, 0) is 11.2 Å². The third kappa shape index (κ3) is 2.26. The number of thioether (sulfide) groups is 1. The fraction of sp³-hybridized carbons (Fsp3) is 0.588. The molecule has 2 aliphatic carbocycles. The minimum Gasteiger partial charge on any atom is -0.336 e. The second kappa shape index (κ2) is 5.10. The summed E-state index contributed by atoms with van der Waals surface area (Å²) >= 11 is 1.79. The number of rotatable bonds is 3. The van der Waals surface area contributed by atoms with Crippen molar-refractivity contribution in [2.45, 2.75) is 67.2 Å². The van der Waals surface area contributed by atoms with Crippen molar-refractivity contribution in [2.75, 3.05) is 0 Å². The summed E-state index contributed by atoms with van der Waals surface area (Å²) < 4.78 is 0. The maximum Gasteiger partial charge on any atom is 0.236 e. The molecule has 106 valence electrons. The molecule has 2 fully saturated rings. The van der Waals surface area contributed by atoms with E-state index in [1.54, 1.807) is 11.8 Å². The highest BCUT2D eigenvalue weighted by atomic mass is 32.2. The van der Waals surface area contributed by atoms with Crippen molar-refractivity contribution >= 4 is 17.7 Å². The molecule has 1 unspecified atom stereocenters. The van der Waals surface area contributed by atoms with Gasteiger partial charge in [0.2, 0.25) is 5.91 Å². The summed E-state index contributed by atoms with van der Waals surface area (Å²) in [6.07, 6.45) is 8.45. The van der Waals surface area contributed by atoms with Crippen molar-refractivity contribution in [2.24, 2.45) is 0 Å².